The molecule has 1 aromatic rings. The zero-order chi connectivity index (χ0) is 19.3. The van der Waals surface area contributed by atoms with Crippen molar-refractivity contribution in [2.45, 2.75) is 44.5 Å². The largest absolute Gasteiger partial charge is 0.434 e. The van der Waals surface area contributed by atoms with E-state index in [1.54, 1.807) is 0 Å². The van der Waals surface area contributed by atoms with Crippen molar-refractivity contribution in [1.82, 2.24) is 20.5 Å². The van der Waals surface area contributed by atoms with E-state index in [0.717, 1.165) is 36.4 Å². The second-order valence-corrected chi connectivity index (χ2v) is 7.71. The third kappa shape index (κ3) is 5.79. The van der Waals surface area contributed by atoms with Crippen LogP contribution in [0.5, 0.6) is 0 Å². The first-order valence-corrected chi connectivity index (χ1v) is 10.2. The van der Waals surface area contributed by atoms with E-state index < -0.39 is 11.9 Å². The van der Waals surface area contributed by atoms with Gasteiger partial charge in [-0.25, -0.2) is 4.98 Å². The number of rotatable bonds is 6. The quantitative estimate of drug-likeness (QED) is 0.561. The van der Waals surface area contributed by atoms with Crippen LogP contribution < -0.4 is 10.6 Å². The van der Waals surface area contributed by atoms with E-state index in [2.05, 4.69) is 25.5 Å². The van der Waals surface area contributed by atoms with Crippen LogP contribution in [0, 0.1) is 0 Å². The predicted molar refractivity (Wildman–Crippen MR) is 99.1 cm³/mol. The predicted octanol–water partition coefficient (Wildman–Crippen LogP) is 2.12. The molecule has 2 aliphatic heterocycles. The topological polar surface area (TPSA) is 61.8 Å². The molecular formula is C17H26F3N5OS. The van der Waals surface area contributed by atoms with Crippen LogP contribution in [0.1, 0.15) is 30.5 Å². The number of halogens is 3. The van der Waals surface area contributed by atoms with Crippen LogP contribution in [0.15, 0.2) is 10.4 Å². The minimum Gasteiger partial charge on any atom is -0.373 e. The zero-order valence-electron chi connectivity index (χ0n) is 15.4. The van der Waals surface area contributed by atoms with Crippen LogP contribution in [0.25, 0.3) is 0 Å². The molecule has 0 aliphatic carbocycles. The Morgan fingerprint density at radius 3 is 3.04 bits per heavy atom. The molecular weight excluding hydrogens is 379 g/mol. The van der Waals surface area contributed by atoms with E-state index in [-0.39, 0.29) is 6.10 Å². The molecule has 2 fully saturated rings. The first kappa shape index (κ1) is 20.3. The van der Waals surface area contributed by atoms with E-state index >= 15 is 0 Å². The number of nitrogens with one attached hydrogen (secondary N) is 2. The molecule has 0 aromatic carbocycles. The smallest absolute Gasteiger partial charge is 0.373 e. The number of guanidine groups is 1. The summed E-state index contributed by atoms with van der Waals surface area (Å²) < 4.78 is 43.7. The molecule has 27 heavy (non-hydrogen) atoms. The van der Waals surface area contributed by atoms with Gasteiger partial charge in [0.2, 0.25) is 0 Å². The molecule has 2 saturated heterocycles. The molecule has 2 aliphatic rings. The number of ether oxygens (including phenoxy) is 1. The highest BCUT2D eigenvalue weighted by Gasteiger charge is 2.34. The van der Waals surface area contributed by atoms with Crippen molar-refractivity contribution in [2.24, 2.45) is 4.99 Å². The Balaban J connectivity index is 1.45. The van der Waals surface area contributed by atoms with Crippen molar-refractivity contribution >= 4 is 17.3 Å². The van der Waals surface area contributed by atoms with Gasteiger partial charge in [-0.1, -0.05) is 0 Å². The first-order valence-electron chi connectivity index (χ1n) is 9.35. The molecule has 0 radical (unpaired) electrons. The van der Waals surface area contributed by atoms with Gasteiger partial charge in [0.1, 0.15) is 0 Å². The minimum absolute atomic E-state index is 0.0862. The molecule has 0 amide bonds. The maximum atomic E-state index is 12.6. The summed E-state index contributed by atoms with van der Waals surface area (Å²) in [5, 5.41) is 7.83. The second kappa shape index (κ2) is 9.20. The summed E-state index contributed by atoms with van der Waals surface area (Å²) in [6.45, 7) is 6.54. The number of alkyl halides is 3. The Kier molecular flexibility index (Phi) is 6.93. The molecule has 6 nitrogen and oxygen atoms in total. The van der Waals surface area contributed by atoms with E-state index in [0.29, 0.717) is 43.1 Å². The van der Waals surface area contributed by atoms with Crippen LogP contribution in [0.2, 0.25) is 0 Å². The van der Waals surface area contributed by atoms with E-state index in [4.69, 9.17) is 4.74 Å². The highest BCUT2D eigenvalue weighted by Crippen LogP contribution is 2.30. The third-order valence-electron chi connectivity index (χ3n) is 4.73. The number of thiazole rings is 1. The van der Waals surface area contributed by atoms with Crippen molar-refractivity contribution < 1.29 is 17.9 Å². The van der Waals surface area contributed by atoms with Crippen molar-refractivity contribution in [2.75, 3.05) is 39.3 Å². The fraction of sp³-hybridized carbons (Fsp3) is 0.765. The molecule has 10 heteroatoms. The van der Waals surface area contributed by atoms with E-state index in [9.17, 15) is 13.2 Å². The summed E-state index contributed by atoms with van der Waals surface area (Å²) in [5.74, 6) is 0.650. The number of nitrogens with zero attached hydrogens (tertiary/aromatic N) is 3. The van der Waals surface area contributed by atoms with E-state index in [1.807, 2.05) is 6.92 Å². The number of morpholine rings is 1. The van der Waals surface area contributed by atoms with Crippen molar-refractivity contribution in [3.63, 3.8) is 0 Å². The zero-order valence-corrected chi connectivity index (χ0v) is 16.2. The summed E-state index contributed by atoms with van der Waals surface area (Å²) in [4.78, 5) is 10.7. The van der Waals surface area contributed by atoms with Gasteiger partial charge in [0.05, 0.1) is 24.3 Å². The van der Waals surface area contributed by atoms with Gasteiger partial charge in [0.15, 0.2) is 11.7 Å². The van der Waals surface area contributed by atoms with Crippen LogP contribution in [-0.2, 0) is 17.3 Å². The van der Waals surface area contributed by atoms with Gasteiger partial charge < -0.3 is 15.4 Å². The van der Waals surface area contributed by atoms with Crippen LogP contribution >= 0.6 is 11.3 Å². The number of aliphatic imine (C=N–C) groups is 1. The van der Waals surface area contributed by atoms with Crippen molar-refractivity contribution in [3.8, 4) is 0 Å². The van der Waals surface area contributed by atoms with Crippen LogP contribution in [0.4, 0.5) is 13.2 Å². The van der Waals surface area contributed by atoms with Crippen LogP contribution in [0.3, 0.4) is 0 Å². The third-order valence-corrected chi connectivity index (χ3v) is 5.64. The summed E-state index contributed by atoms with van der Waals surface area (Å²) in [5.41, 5.74) is -0.822. The number of hydrogen-bond acceptors (Lipinski definition) is 5. The molecule has 1 aromatic heterocycles. The van der Waals surface area contributed by atoms with Gasteiger partial charge in [-0.15, -0.1) is 11.3 Å². The monoisotopic (exact) mass is 405 g/mol. The Bertz CT molecular complexity index is 636. The van der Waals surface area contributed by atoms with Gasteiger partial charge in [0, 0.05) is 37.5 Å². The SMILES string of the molecule is CCNC(=NCC1CN2CCCC2CO1)NCCc1nc(C(F)(F)F)cs1. The maximum absolute atomic E-state index is 12.6. The average molecular weight is 405 g/mol. The number of aromatic nitrogens is 1. The van der Waals surface area contributed by atoms with E-state index in [1.165, 1.54) is 12.8 Å². The number of fused-ring (bicyclic) bond motifs is 1. The van der Waals surface area contributed by atoms with Gasteiger partial charge >= 0.3 is 6.18 Å². The highest BCUT2D eigenvalue weighted by molar-refractivity contribution is 7.09. The molecule has 0 spiro atoms. The minimum atomic E-state index is -4.38. The molecule has 3 rings (SSSR count). The molecule has 0 bridgehead atoms. The lowest BCUT2D eigenvalue weighted by Gasteiger charge is -2.34. The lowest BCUT2D eigenvalue weighted by atomic mass is 10.2. The fourth-order valence-corrected chi connectivity index (χ4v) is 4.18. The van der Waals surface area contributed by atoms with Gasteiger partial charge in [-0.05, 0) is 26.3 Å². The maximum Gasteiger partial charge on any atom is 0.434 e. The second-order valence-electron chi connectivity index (χ2n) is 6.77. The molecule has 3 heterocycles. The highest BCUT2D eigenvalue weighted by atomic mass is 32.1. The lowest BCUT2D eigenvalue weighted by molar-refractivity contribution is -0.140. The van der Waals surface area contributed by atoms with Crippen molar-refractivity contribution in [3.05, 3.63) is 16.1 Å². The summed E-state index contributed by atoms with van der Waals surface area (Å²) in [6, 6.07) is 0.566. The first-order chi connectivity index (χ1) is 13.0. The van der Waals surface area contributed by atoms with Crippen molar-refractivity contribution in [1.29, 1.82) is 0 Å². The molecule has 2 atom stereocenters. The molecule has 2 unspecified atom stereocenters. The Hall–Kier alpha value is -1.39. The standard InChI is InChI=1S/C17H26F3N5OS/c1-2-21-16(22-6-5-15-24-14(11-27-15)17(18,19)20)23-8-13-9-25-7-3-4-12(25)10-26-13/h11-13H,2-10H2,1H3,(H2,21,22,23). The fourth-order valence-electron chi connectivity index (χ4n) is 3.37. The Morgan fingerprint density at radius 2 is 2.30 bits per heavy atom. The summed E-state index contributed by atoms with van der Waals surface area (Å²) in [6.07, 6.45) is -1.43. The van der Waals surface area contributed by atoms with Crippen LogP contribution in [-0.4, -0.2) is 67.3 Å². The number of hydrogen-bond donors (Lipinski definition) is 2. The Morgan fingerprint density at radius 1 is 1.44 bits per heavy atom. The summed E-state index contributed by atoms with van der Waals surface area (Å²) >= 11 is 1.03. The molecule has 152 valence electrons. The normalized spacial score (nSPS) is 24.1. The Labute approximate surface area is 161 Å². The van der Waals surface area contributed by atoms with Gasteiger partial charge in [-0.3, -0.25) is 9.89 Å². The molecule has 0 saturated carbocycles. The van der Waals surface area contributed by atoms with Gasteiger partial charge in [0.25, 0.3) is 0 Å². The molecule has 2 N–H and O–H groups in total. The van der Waals surface area contributed by atoms with Gasteiger partial charge in [-0.2, -0.15) is 13.2 Å². The lowest BCUT2D eigenvalue weighted by Crippen LogP contribution is -2.47. The summed E-state index contributed by atoms with van der Waals surface area (Å²) in [7, 11) is 0. The average Bonchev–Trinajstić information content (AvgIpc) is 3.28.